The molecule has 0 radical (unpaired) electrons. The maximum absolute atomic E-state index is 13.0. The highest BCUT2D eigenvalue weighted by atomic mass is 35.5. The number of fused-ring (bicyclic) bond motifs is 1. The van der Waals surface area contributed by atoms with E-state index in [0.717, 1.165) is 12.1 Å². The molecule has 0 fully saturated rings. The highest BCUT2D eigenvalue weighted by Crippen LogP contribution is 2.19. The van der Waals surface area contributed by atoms with E-state index in [-0.39, 0.29) is 17.0 Å². The van der Waals surface area contributed by atoms with E-state index in [4.69, 9.17) is 11.6 Å². The normalized spacial score (nSPS) is 11.4. The van der Waals surface area contributed by atoms with E-state index >= 15 is 0 Å². The second-order valence-corrected chi connectivity index (χ2v) is 8.78. The van der Waals surface area contributed by atoms with Gasteiger partial charge in [-0.25, -0.2) is 17.8 Å². The van der Waals surface area contributed by atoms with Crippen LogP contribution in [0.2, 0.25) is 5.02 Å². The number of halogens is 2. The number of nitrogens with one attached hydrogen (secondary N) is 3. The Morgan fingerprint density at radius 2 is 1.65 bits per heavy atom. The molecular formula is C21H16ClFN4O3S. The molecule has 0 bridgehead atoms. The van der Waals surface area contributed by atoms with Crippen LogP contribution in [0.25, 0.3) is 10.9 Å². The third-order valence-electron chi connectivity index (χ3n) is 4.44. The molecule has 0 aliphatic rings. The van der Waals surface area contributed by atoms with Crippen LogP contribution in [0.15, 0.2) is 76.4 Å². The molecule has 1 aromatic heterocycles. The van der Waals surface area contributed by atoms with Gasteiger partial charge >= 0.3 is 0 Å². The van der Waals surface area contributed by atoms with Crippen molar-refractivity contribution in [3.05, 3.63) is 93.7 Å². The highest BCUT2D eigenvalue weighted by molar-refractivity contribution is 7.92. The molecule has 0 aliphatic heterocycles. The average molecular weight is 459 g/mol. The molecule has 10 heteroatoms. The van der Waals surface area contributed by atoms with E-state index in [1.807, 2.05) is 0 Å². The number of anilines is 2. The minimum atomic E-state index is -3.82. The number of aromatic nitrogens is 2. The molecule has 4 rings (SSSR count). The summed E-state index contributed by atoms with van der Waals surface area (Å²) in [6, 6.07) is 15.9. The molecule has 158 valence electrons. The first-order valence-corrected chi connectivity index (χ1v) is 11.0. The summed E-state index contributed by atoms with van der Waals surface area (Å²) < 4.78 is 40.2. The van der Waals surface area contributed by atoms with Gasteiger partial charge in [0.05, 0.1) is 22.3 Å². The van der Waals surface area contributed by atoms with Gasteiger partial charge < -0.3 is 10.3 Å². The maximum Gasteiger partial charge on any atom is 0.261 e. The summed E-state index contributed by atoms with van der Waals surface area (Å²) in [5.41, 5.74) is 1.28. The standard InChI is InChI=1S/C21H16ClFN4O3S/c22-13-1-10-18-19(11-13)25-20(26-21(18)28)12-24-15-4-6-16(7-5-15)27-31(29,30)17-8-2-14(23)3-9-17/h1-11,24,27H,12H2,(H,25,26,28). The molecule has 0 aliphatic carbocycles. The number of hydrogen-bond acceptors (Lipinski definition) is 5. The van der Waals surface area contributed by atoms with Gasteiger partial charge in [-0.2, -0.15) is 0 Å². The van der Waals surface area contributed by atoms with Crippen molar-refractivity contribution in [2.24, 2.45) is 0 Å². The summed E-state index contributed by atoms with van der Waals surface area (Å²) in [5, 5.41) is 4.05. The van der Waals surface area contributed by atoms with E-state index in [1.54, 1.807) is 42.5 Å². The molecule has 3 N–H and O–H groups in total. The van der Waals surface area contributed by atoms with Gasteiger partial charge in [0.1, 0.15) is 11.6 Å². The van der Waals surface area contributed by atoms with Crippen LogP contribution in [0.1, 0.15) is 5.82 Å². The summed E-state index contributed by atoms with van der Waals surface area (Å²) >= 11 is 5.97. The quantitative estimate of drug-likeness (QED) is 0.403. The SMILES string of the molecule is O=c1[nH]c(CNc2ccc(NS(=O)(=O)c3ccc(F)cc3)cc2)nc2cc(Cl)ccc12. The average Bonchev–Trinajstić information content (AvgIpc) is 2.73. The van der Waals surface area contributed by atoms with Crippen LogP contribution in [-0.4, -0.2) is 18.4 Å². The Kier molecular flexibility index (Phi) is 5.62. The van der Waals surface area contributed by atoms with Gasteiger partial charge in [-0.3, -0.25) is 9.52 Å². The molecule has 0 atom stereocenters. The molecule has 3 aromatic carbocycles. The van der Waals surface area contributed by atoms with Gasteiger partial charge in [0.2, 0.25) is 0 Å². The number of benzene rings is 3. The van der Waals surface area contributed by atoms with Crippen LogP contribution in [0.4, 0.5) is 15.8 Å². The fraction of sp³-hybridized carbons (Fsp3) is 0.0476. The van der Waals surface area contributed by atoms with E-state index in [9.17, 15) is 17.6 Å². The summed E-state index contributed by atoms with van der Waals surface area (Å²) in [5.74, 6) is -0.0828. The Morgan fingerprint density at radius 1 is 0.968 bits per heavy atom. The van der Waals surface area contributed by atoms with Crippen molar-refractivity contribution in [1.82, 2.24) is 9.97 Å². The van der Waals surface area contributed by atoms with Crippen LogP contribution in [0.5, 0.6) is 0 Å². The van der Waals surface area contributed by atoms with E-state index < -0.39 is 15.8 Å². The van der Waals surface area contributed by atoms with E-state index in [2.05, 4.69) is 20.0 Å². The van der Waals surface area contributed by atoms with Gasteiger partial charge in [0.15, 0.2) is 0 Å². The summed E-state index contributed by atoms with van der Waals surface area (Å²) in [4.78, 5) is 19.3. The number of sulfonamides is 1. The zero-order chi connectivity index (χ0) is 22.0. The topological polar surface area (TPSA) is 104 Å². The van der Waals surface area contributed by atoms with Gasteiger partial charge in [-0.05, 0) is 66.7 Å². The summed E-state index contributed by atoms with van der Waals surface area (Å²) in [6.07, 6.45) is 0. The third kappa shape index (κ3) is 4.84. The zero-order valence-corrected chi connectivity index (χ0v) is 17.5. The van der Waals surface area contributed by atoms with Crippen LogP contribution >= 0.6 is 11.6 Å². The molecular weight excluding hydrogens is 443 g/mol. The van der Waals surface area contributed by atoms with Gasteiger partial charge in [-0.1, -0.05) is 11.6 Å². The fourth-order valence-corrected chi connectivity index (χ4v) is 4.14. The fourth-order valence-electron chi connectivity index (χ4n) is 2.91. The van der Waals surface area contributed by atoms with Crippen LogP contribution in [0.3, 0.4) is 0 Å². The summed E-state index contributed by atoms with van der Waals surface area (Å²) in [7, 11) is -3.82. The summed E-state index contributed by atoms with van der Waals surface area (Å²) in [6.45, 7) is 0.248. The van der Waals surface area contributed by atoms with Crippen molar-refractivity contribution in [3.8, 4) is 0 Å². The minimum absolute atomic E-state index is 0.0393. The van der Waals surface area contributed by atoms with Crippen molar-refractivity contribution >= 4 is 43.9 Å². The van der Waals surface area contributed by atoms with Gasteiger partial charge in [0.25, 0.3) is 15.6 Å². The van der Waals surface area contributed by atoms with Crippen LogP contribution < -0.4 is 15.6 Å². The number of H-pyrrole nitrogens is 1. The van der Waals surface area contributed by atoms with E-state index in [0.29, 0.717) is 33.1 Å². The first-order valence-electron chi connectivity index (χ1n) is 9.11. The predicted molar refractivity (Wildman–Crippen MR) is 118 cm³/mol. The maximum atomic E-state index is 13.0. The molecule has 0 saturated carbocycles. The first kappa shape index (κ1) is 20.8. The lowest BCUT2D eigenvalue weighted by Gasteiger charge is -2.10. The van der Waals surface area contributed by atoms with Crippen molar-refractivity contribution < 1.29 is 12.8 Å². The molecule has 0 unspecified atom stereocenters. The van der Waals surface area contributed by atoms with Crippen molar-refractivity contribution in [1.29, 1.82) is 0 Å². The second-order valence-electron chi connectivity index (χ2n) is 6.66. The van der Waals surface area contributed by atoms with Crippen LogP contribution in [0, 0.1) is 5.82 Å². The highest BCUT2D eigenvalue weighted by Gasteiger charge is 2.14. The predicted octanol–water partition coefficient (Wildman–Crippen LogP) is 4.13. The molecule has 0 spiro atoms. The number of hydrogen-bond donors (Lipinski definition) is 3. The van der Waals surface area contributed by atoms with E-state index in [1.165, 1.54) is 12.1 Å². The molecule has 0 amide bonds. The Balaban J connectivity index is 1.45. The number of rotatable bonds is 6. The van der Waals surface area contributed by atoms with Gasteiger partial charge in [0, 0.05) is 16.4 Å². The lowest BCUT2D eigenvalue weighted by atomic mass is 10.2. The Labute approximate surface area is 182 Å². The van der Waals surface area contributed by atoms with Gasteiger partial charge in [-0.15, -0.1) is 0 Å². The Bertz CT molecular complexity index is 1410. The van der Waals surface area contributed by atoms with Crippen molar-refractivity contribution in [2.75, 3.05) is 10.0 Å². The molecule has 0 saturated heterocycles. The zero-order valence-electron chi connectivity index (χ0n) is 15.9. The second kappa shape index (κ2) is 8.37. The molecule has 1 heterocycles. The number of nitrogens with zero attached hydrogens (tertiary/aromatic N) is 1. The monoisotopic (exact) mass is 458 g/mol. The van der Waals surface area contributed by atoms with Crippen molar-refractivity contribution in [3.63, 3.8) is 0 Å². The minimum Gasteiger partial charge on any atom is -0.378 e. The molecule has 31 heavy (non-hydrogen) atoms. The van der Waals surface area contributed by atoms with Crippen LogP contribution in [-0.2, 0) is 16.6 Å². The Hall–Kier alpha value is -3.43. The third-order valence-corrected chi connectivity index (χ3v) is 6.07. The smallest absolute Gasteiger partial charge is 0.261 e. The first-order chi connectivity index (χ1) is 14.8. The molecule has 4 aromatic rings. The lowest BCUT2D eigenvalue weighted by Crippen LogP contribution is -2.14. The Morgan fingerprint density at radius 3 is 2.35 bits per heavy atom. The number of aromatic amines is 1. The lowest BCUT2D eigenvalue weighted by molar-refractivity contribution is 0.599. The largest absolute Gasteiger partial charge is 0.378 e. The molecule has 7 nitrogen and oxygen atoms in total. The van der Waals surface area contributed by atoms with Crippen molar-refractivity contribution in [2.45, 2.75) is 11.4 Å².